The Kier molecular flexibility index (Phi) is 3.36. The molecule has 0 saturated carbocycles. The monoisotopic (exact) mass is 255 g/mol. The minimum absolute atomic E-state index is 0.334. The maximum Gasteiger partial charge on any atom is 0.200 e. The zero-order valence-electron chi connectivity index (χ0n) is 8.85. The van der Waals surface area contributed by atoms with E-state index in [2.05, 4.69) is 0 Å². The summed E-state index contributed by atoms with van der Waals surface area (Å²) in [5.41, 5.74) is -0.613. The van der Waals surface area contributed by atoms with Crippen molar-refractivity contribution < 1.29 is 22.0 Å². The summed E-state index contributed by atoms with van der Waals surface area (Å²) in [5.74, 6) is -9.73. The normalized spacial score (nSPS) is 10.5. The predicted molar refractivity (Wildman–Crippen MR) is 57.7 cm³/mol. The second-order valence-electron chi connectivity index (χ2n) is 3.54. The lowest BCUT2D eigenvalue weighted by Crippen LogP contribution is -2.34. The van der Waals surface area contributed by atoms with Gasteiger partial charge in [0.05, 0.1) is 0 Å². The molecule has 0 nitrogen and oxygen atoms in total. The summed E-state index contributed by atoms with van der Waals surface area (Å²) in [7, 11) is 0.899. The molecule has 18 heavy (non-hydrogen) atoms. The average Bonchev–Trinajstić information content (AvgIpc) is 2.40. The molecule has 0 N–H and O–H groups in total. The number of rotatable bonds is 2. The molecular weight excluding hydrogens is 250 g/mol. The van der Waals surface area contributed by atoms with E-state index in [9.17, 15) is 22.0 Å². The maximum absolute atomic E-state index is 13.3. The SMILES string of the molecule is Fc1c(F)c(F)c([B]c2ccccc2)c(F)c1F. The molecule has 0 aromatic heterocycles. The Bertz CT molecular complexity index is 554. The van der Waals surface area contributed by atoms with Crippen molar-refractivity contribution in [2.45, 2.75) is 0 Å². The first-order chi connectivity index (χ1) is 8.52. The van der Waals surface area contributed by atoms with Crippen LogP contribution in [0.5, 0.6) is 0 Å². The molecule has 2 aromatic carbocycles. The van der Waals surface area contributed by atoms with Crippen LogP contribution in [0, 0.1) is 29.1 Å². The van der Waals surface area contributed by atoms with Crippen LogP contribution in [0.2, 0.25) is 0 Å². The molecular formula is C12H5BF5. The van der Waals surface area contributed by atoms with Crippen LogP contribution in [0.25, 0.3) is 0 Å². The van der Waals surface area contributed by atoms with E-state index >= 15 is 0 Å². The minimum Gasteiger partial charge on any atom is -0.204 e. The molecule has 0 amide bonds. The van der Waals surface area contributed by atoms with Crippen LogP contribution < -0.4 is 10.9 Å². The van der Waals surface area contributed by atoms with Gasteiger partial charge >= 0.3 is 0 Å². The molecule has 0 saturated heterocycles. The third kappa shape index (κ3) is 2.10. The summed E-state index contributed by atoms with van der Waals surface area (Å²) in [6, 6.07) is 7.79. The first-order valence-electron chi connectivity index (χ1n) is 4.93. The second-order valence-corrected chi connectivity index (χ2v) is 3.54. The molecule has 0 aliphatic rings. The van der Waals surface area contributed by atoms with Gasteiger partial charge in [0, 0.05) is 0 Å². The fraction of sp³-hybridized carbons (Fsp3) is 0. The van der Waals surface area contributed by atoms with Crippen molar-refractivity contribution >= 4 is 18.2 Å². The van der Waals surface area contributed by atoms with Gasteiger partial charge in [-0.25, -0.2) is 22.0 Å². The Hall–Kier alpha value is -1.85. The molecule has 2 rings (SSSR count). The van der Waals surface area contributed by atoms with E-state index in [0.29, 0.717) is 5.46 Å². The predicted octanol–water partition coefficient (Wildman–Crippen LogP) is 2.04. The van der Waals surface area contributed by atoms with Crippen molar-refractivity contribution in [3.63, 3.8) is 0 Å². The molecule has 0 aliphatic carbocycles. The van der Waals surface area contributed by atoms with Gasteiger partial charge < -0.3 is 0 Å². The summed E-state index contributed by atoms with van der Waals surface area (Å²) in [4.78, 5) is 0. The van der Waals surface area contributed by atoms with Crippen molar-refractivity contribution in [1.82, 2.24) is 0 Å². The van der Waals surface area contributed by atoms with Gasteiger partial charge in [-0.3, -0.25) is 0 Å². The van der Waals surface area contributed by atoms with Crippen LogP contribution in [0.1, 0.15) is 0 Å². The maximum atomic E-state index is 13.3. The highest BCUT2D eigenvalue weighted by Gasteiger charge is 2.25. The smallest absolute Gasteiger partial charge is 0.200 e. The van der Waals surface area contributed by atoms with E-state index in [1.54, 1.807) is 18.2 Å². The van der Waals surface area contributed by atoms with Crippen molar-refractivity contribution in [3.05, 3.63) is 59.4 Å². The van der Waals surface area contributed by atoms with Crippen LogP contribution in [-0.4, -0.2) is 7.28 Å². The Morgan fingerprint density at radius 3 is 1.56 bits per heavy atom. The zero-order valence-corrected chi connectivity index (χ0v) is 8.85. The van der Waals surface area contributed by atoms with Crippen LogP contribution in [0.3, 0.4) is 0 Å². The van der Waals surface area contributed by atoms with E-state index < -0.39 is 34.5 Å². The first-order valence-corrected chi connectivity index (χ1v) is 4.93. The van der Waals surface area contributed by atoms with E-state index in [1.807, 2.05) is 0 Å². The average molecular weight is 255 g/mol. The highest BCUT2D eigenvalue weighted by atomic mass is 19.2. The lowest BCUT2D eigenvalue weighted by molar-refractivity contribution is 0.384. The second kappa shape index (κ2) is 4.80. The quantitative estimate of drug-likeness (QED) is 0.333. The third-order valence-corrected chi connectivity index (χ3v) is 2.35. The van der Waals surface area contributed by atoms with Gasteiger partial charge in [-0.1, -0.05) is 35.8 Å². The first kappa shape index (κ1) is 12.6. The molecule has 2 aromatic rings. The van der Waals surface area contributed by atoms with Gasteiger partial charge in [0.1, 0.15) is 0 Å². The molecule has 91 valence electrons. The minimum atomic E-state index is -2.16. The van der Waals surface area contributed by atoms with Crippen LogP contribution in [0.4, 0.5) is 22.0 Å². The summed E-state index contributed by atoms with van der Waals surface area (Å²) in [6.45, 7) is 0. The highest BCUT2D eigenvalue weighted by molar-refractivity contribution is 6.67. The van der Waals surface area contributed by atoms with E-state index in [0.717, 1.165) is 7.28 Å². The number of benzene rings is 2. The Morgan fingerprint density at radius 2 is 1.06 bits per heavy atom. The number of hydrogen-bond donors (Lipinski definition) is 0. The molecule has 6 heteroatoms. The lowest BCUT2D eigenvalue weighted by atomic mass is 9.63. The summed E-state index contributed by atoms with van der Waals surface area (Å²) < 4.78 is 65.3. The van der Waals surface area contributed by atoms with Gasteiger partial charge in [0.25, 0.3) is 0 Å². The van der Waals surface area contributed by atoms with Crippen LogP contribution >= 0.6 is 0 Å². The molecule has 0 aliphatic heterocycles. The van der Waals surface area contributed by atoms with Gasteiger partial charge in [0.2, 0.25) is 0 Å². The summed E-state index contributed by atoms with van der Waals surface area (Å²) in [5, 5.41) is 0. The Labute approximate surface area is 100 Å². The largest absolute Gasteiger partial charge is 0.204 e. The molecule has 0 heterocycles. The van der Waals surface area contributed by atoms with E-state index in [1.165, 1.54) is 12.1 Å². The molecule has 0 bridgehead atoms. The number of halogens is 5. The van der Waals surface area contributed by atoms with Crippen LogP contribution in [-0.2, 0) is 0 Å². The topological polar surface area (TPSA) is 0 Å². The van der Waals surface area contributed by atoms with Crippen LogP contribution in [0.15, 0.2) is 30.3 Å². The molecule has 0 fully saturated rings. The van der Waals surface area contributed by atoms with Crippen molar-refractivity contribution in [3.8, 4) is 0 Å². The van der Waals surface area contributed by atoms with Crippen molar-refractivity contribution in [2.75, 3.05) is 0 Å². The summed E-state index contributed by atoms with van der Waals surface area (Å²) >= 11 is 0. The Balaban J connectivity index is 2.52. The van der Waals surface area contributed by atoms with Gasteiger partial charge in [0.15, 0.2) is 36.4 Å². The Morgan fingerprint density at radius 1 is 0.611 bits per heavy atom. The van der Waals surface area contributed by atoms with Crippen molar-refractivity contribution in [2.24, 2.45) is 0 Å². The van der Waals surface area contributed by atoms with E-state index in [4.69, 9.17) is 0 Å². The fourth-order valence-electron chi connectivity index (χ4n) is 1.46. The summed E-state index contributed by atoms with van der Waals surface area (Å²) in [6.07, 6.45) is 0. The van der Waals surface area contributed by atoms with Gasteiger partial charge in [-0.05, 0) is 5.46 Å². The highest BCUT2D eigenvalue weighted by Crippen LogP contribution is 2.15. The third-order valence-electron chi connectivity index (χ3n) is 2.35. The fourth-order valence-corrected chi connectivity index (χ4v) is 1.46. The number of hydrogen-bond acceptors (Lipinski definition) is 0. The standard InChI is InChI=1S/C12H5BF5/c14-8-7(13-6-4-2-1-3-5-6)9(15)11(17)12(18)10(8)16/h1-5H. The molecule has 1 radical (unpaired) electrons. The zero-order chi connectivity index (χ0) is 13.3. The lowest BCUT2D eigenvalue weighted by Gasteiger charge is -2.07. The molecule has 0 atom stereocenters. The van der Waals surface area contributed by atoms with Gasteiger partial charge in [-0.15, -0.1) is 0 Å². The van der Waals surface area contributed by atoms with Crippen molar-refractivity contribution in [1.29, 1.82) is 0 Å². The molecule has 0 unspecified atom stereocenters. The van der Waals surface area contributed by atoms with Gasteiger partial charge in [-0.2, -0.15) is 0 Å². The van der Waals surface area contributed by atoms with E-state index in [-0.39, 0.29) is 0 Å². The molecule has 0 spiro atoms.